The molecule has 0 saturated heterocycles. The number of aliphatic hydroxyl groups is 1. The van der Waals surface area contributed by atoms with E-state index in [1.807, 2.05) is 0 Å². The van der Waals surface area contributed by atoms with Crippen LogP contribution in [0, 0.1) is 0 Å². The van der Waals surface area contributed by atoms with Gasteiger partial charge in [-0.1, -0.05) is 30.3 Å². The first-order valence-electron chi connectivity index (χ1n) is 4.51. The molecule has 5 heteroatoms. The fourth-order valence-electron chi connectivity index (χ4n) is 1.12. The summed E-state index contributed by atoms with van der Waals surface area (Å²) < 4.78 is 41.1. The van der Waals surface area contributed by atoms with Crippen LogP contribution in [0.3, 0.4) is 0 Å². The summed E-state index contributed by atoms with van der Waals surface area (Å²) in [6, 6.07) is 8.26. The first-order valence-corrected chi connectivity index (χ1v) is 4.51. The van der Waals surface area contributed by atoms with Gasteiger partial charge in [-0.2, -0.15) is 13.2 Å². The highest BCUT2D eigenvalue weighted by atomic mass is 19.4. The third-order valence-electron chi connectivity index (χ3n) is 1.92. The number of methoxy groups -OCH3 is 1. The van der Waals surface area contributed by atoms with Crippen molar-refractivity contribution in [3.05, 3.63) is 42.0 Å². The molecule has 88 valence electrons. The van der Waals surface area contributed by atoms with Crippen molar-refractivity contribution >= 4 is 5.76 Å². The van der Waals surface area contributed by atoms with Crippen LogP contribution in [-0.2, 0) is 4.74 Å². The molecular formula is C11H11F3O2. The summed E-state index contributed by atoms with van der Waals surface area (Å²) in [5.41, 5.74) is 0.480. The Bertz CT molecular complexity index is 357. The van der Waals surface area contributed by atoms with Gasteiger partial charge in [0, 0.05) is 5.56 Å². The van der Waals surface area contributed by atoms with Gasteiger partial charge < -0.3 is 9.84 Å². The van der Waals surface area contributed by atoms with Crippen LogP contribution in [-0.4, -0.2) is 24.5 Å². The number of rotatable bonds is 3. The van der Waals surface area contributed by atoms with E-state index in [0.717, 1.165) is 0 Å². The van der Waals surface area contributed by atoms with Crippen molar-refractivity contribution in [2.75, 3.05) is 7.11 Å². The maximum Gasteiger partial charge on any atom is 0.418 e. The SMILES string of the molecule is CO/C(=C\C(O)C(F)(F)F)c1ccccc1. The Morgan fingerprint density at radius 3 is 2.31 bits per heavy atom. The minimum absolute atomic E-state index is 0.00887. The molecule has 0 aliphatic heterocycles. The lowest BCUT2D eigenvalue weighted by atomic mass is 10.1. The van der Waals surface area contributed by atoms with E-state index in [9.17, 15) is 13.2 Å². The smallest absolute Gasteiger partial charge is 0.418 e. The minimum Gasteiger partial charge on any atom is -0.496 e. The fourth-order valence-corrected chi connectivity index (χ4v) is 1.12. The molecule has 0 amide bonds. The molecule has 0 aliphatic rings. The average molecular weight is 232 g/mol. The Hall–Kier alpha value is -1.49. The Balaban J connectivity index is 2.95. The van der Waals surface area contributed by atoms with Crippen LogP contribution in [0.1, 0.15) is 5.56 Å². The summed E-state index contributed by atoms with van der Waals surface area (Å²) in [5.74, 6) is -0.00887. The maximum absolute atomic E-state index is 12.1. The Morgan fingerprint density at radius 2 is 1.88 bits per heavy atom. The van der Waals surface area contributed by atoms with Crippen LogP contribution in [0.15, 0.2) is 36.4 Å². The highest BCUT2D eigenvalue weighted by Gasteiger charge is 2.37. The Morgan fingerprint density at radius 1 is 1.31 bits per heavy atom. The fraction of sp³-hybridized carbons (Fsp3) is 0.273. The van der Waals surface area contributed by atoms with Crippen LogP contribution < -0.4 is 0 Å². The van der Waals surface area contributed by atoms with E-state index in [1.165, 1.54) is 7.11 Å². The summed E-state index contributed by atoms with van der Waals surface area (Å²) in [6.45, 7) is 0. The van der Waals surface area contributed by atoms with Crippen molar-refractivity contribution in [3.63, 3.8) is 0 Å². The third-order valence-corrected chi connectivity index (χ3v) is 1.92. The molecule has 0 saturated carbocycles. The van der Waals surface area contributed by atoms with E-state index in [4.69, 9.17) is 9.84 Å². The highest BCUT2D eigenvalue weighted by Crippen LogP contribution is 2.24. The number of aliphatic hydroxyl groups excluding tert-OH is 1. The van der Waals surface area contributed by atoms with Gasteiger partial charge in [0.1, 0.15) is 5.76 Å². The second-order valence-electron chi connectivity index (χ2n) is 3.09. The maximum atomic E-state index is 12.1. The topological polar surface area (TPSA) is 29.5 Å². The molecular weight excluding hydrogens is 221 g/mol. The summed E-state index contributed by atoms with van der Waals surface area (Å²) in [5, 5.41) is 8.87. The Kier molecular flexibility index (Phi) is 3.95. The van der Waals surface area contributed by atoms with Gasteiger partial charge in [-0.25, -0.2) is 0 Å². The summed E-state index contributed by atoms with van der Waals surface area (Å²) in [7, 11) is 1.25. The molecule has 0 spiro atoms. The van der Waals surface area contributed by atoms with Crippen molar-refractivity contribution in [3.8, 4) is 0 Å². The second kappa shape index (κ2) is 5.03. The molecule has 0 aromatic heterocycles. The number of hydrogen-bond acceptors (Lipinski definition) is 2. The number of hydrogen-bond donors (Lipinski definition) is 1. The molecule has 0 aliphatic carbocycles. The summed E-state index contributed by atoms with van der Waals surface area (Å²) in [6.07, 6.45) is -6.57. The van der Waals surface area contributed by atoms with E-state index in [0.29, 0.717) is 11.6 Å². The van der Waals surface area contributed by atoms with Gasteiger partial charge in [0.2, 0.25) is 0 Å². The molecule has 0 bridgehead atoms. The number of ether oxygens (including phenoxy) is 1. The van der Waals surface area contributed by atoms with Gasteiger partial charge in [-0.3, -0.25) is 0 Å². The van der Waals surface area contributed by atoms with E-state index >= 15 is 0 Å². The van der Waals surface area contributed by atoms with Crippen molar-refractivity contribution in [1.29, 1.82) is 0 Å². The summed E-state index contributed by atoms with van der Waals surface area (Å²) in [4.78, 5) is 0. The number of halogens is 3. The molecule has 1 aromatic carbocycles. The molecule has 1 aromatic rings. The van der Waals surface area contributed by atoms with E-state index in [-0.39, 0.29) is 5.76 Å². The quantitative estimate of drug-likeness (QED) is 0.812. The monoisotopic (exact) mass is 232 g/mol. The van der Waals surface area contributed by atoms with Gasteiger partial charge in [-0.05, 0) is 6.08 Å². The van der Waals surface area contributed by atoms with Crippen molar-refractivity contribution in [1.82, 2.24) is 0 Å². The van der Waals surface area contributed by atoms with E-state index in [2.05, 4.69) is 0 Å². The lowest BCUT2D eigenvalue weighted by Crippen LogP contribution is -2.26. The summed E-state index contributed by atoms with van der Waals surface area (Å²) >= 11 is 0. The molecule has 1 N–H and O–H groups in total. The average Bonchev–Trinajstić information content (AvgIpc) is 2.25. The normalized spacial score (nSPS) is 14.7. The van der Waals surface area contributed by atoms with Gasteiger partial charge in [0.25, 0.3) is 0 Å². The first-order chi connectivity index (χ1) is 7.45. The van der Waals surface area contributed by atoms with Gasteiger partial charge >= 0.3 is 6.18 Å². The van der Waals surface area contributed by atoms with Gasteiger partial charge in [0.15, 0.2) is 6.10 Å². The van der Waals surface area contributed by atoms with Crippen LogP contribution in [0.25, 0.3) is 5.76 Å². The molecule has 1 rings (SSSR count). The molecule has 2 nitrogen and oxygen atoms in total. The largest absolute Gasteiger partial charge is 0.496 e. The highest BCUT2D eigenvalue weighted by molar-refractivity contribution is 5.60. The van der Waals surface area contributed by atoms with E-state index < -0.39 is 12.3 Å². The zero-order valence-corrected chi connectivity index (χ0v) is 8.53. The molecule has 0 fully saturated rings. The van der Waals surface area contributed by atoms with Crippen molar-refractivity contribution in [2.24, 2.45) is 0 Å². The zero-order chi connectivity index (χ0) is 12.2. The predicted octanol–water partition coefficient (Wildman–Crippen LogP) is 2.60. The van der Waals surface area contributed by atoms with Crippen LogP contribution >= 0.6 is 0 Å². The first kappa shape index (κ1) is 12.6. The molecule has 16 heavy (non-hydrogen) atoms. The molecule has 1 atom stereocenters. The van der Waals surface area contributed by atoms with Gasteiger partial charge in [-0.15, -0.1) is 0 Å². The number of alkyl halides is 3. The predicted molar refractivity (Wildman–Crippen MR) is 53.5 cm³/mol. The van der Waals surface area contributed by atoms with Crippen LogP contribution in [0.4, 0.5) is 13.2 Å². The minimum atomic E-state index is -4.68. The molecule has 0 heterocycles. The second-order valence-corrected chi connectivity index (χ2v) is 3.09. The van der Waals surface area contributed by atoms with Crippen LogP contribution in [0.5, 0.6) is 0 Å². The number of benzene rings is 1. The lowest BCUT2D eigenvalue weighted by molar-refractivity contribution is -0.187. The van der Waals surface area contributed by atoms with Gasteiger partial charge in [0.05, 0.1) is 7.11 Å². The van der Waals surface area contributed by atoms with Crippen LogP contribution in [0.2, 0.25) is 0 Å². The van der Waals surface area contributed by atoms with Crippen molar-refractivity contribution in [2.45, 2.75) is 12.3 Å². The standard InChI is InChI=1S/C11H11F3O2/c1-16-9(7-10(15)11(12,13)14)8-5-3-2-4-6-8/h2-7,10,15H,1H3/b9-7-. The zero-order valence-electron chi connectivity index (χ0n) is 8.53. The molecule has 0 radical (unpaired) electrons. The Labute approximate surface area is 91.0 Å². The lowest BCUT2D eigenvalue weighted by Gasteiger charge is -2.13. The van der Waals surface area contributed by atoms with E-state index in [1.54, 1.807) is 30.3 Å². The molecule has 1 unspecified atom stereocenters. The van der Waals surface area contributed by atoms with Crippen molar-refractivity contribution < 1.29 is 23.0 Å². The third kappa shape index (κ3) is 3.27.